The summed E-state index contributed by atoms with van der Waals surface area (Å²) in [6.45, 7) is 3.27. The van der Waals surface area contributed by atoms with E-state index in [0.717, 1.165) is 12.1 Å². The predicted molar refractivity (Wildman–Crippen MR) is 119 cm³/mol. The predicted octanol–water partition coefficient (Wildman–Crippen LogP) is 5.39. The largest absolute Gasteiger partial charge is 0.352 e. The fourth-order valence-electron chi connectivity index (χ4n) is 3.81. The normalized spacial score (nSPS) is 11.0. The number of rotatable bonds is 7. The van der Waals surface area contributed by atoms with Crippen LogP contribution in [0.25, 0.3) is 10.9 Å². The molecular formula is C26H25FN2O. The Morgan fingerprint density at radius 2 is 1.77 bits per heavy atom. The summed E-state index contributed by atoms with van der Waals surface area (Å²) in [5.41, 5.74) is 5.67. The number of hydrogen-bond donors (Lipinski definition) is 1. The third-order valence-corrected chi connectivity index (χ3v) is 5.47. The molecule has 0 spiro atoms. The average molecular weight is 400 g/mol. The topological polar surface area (TPSA) is 34.0 Å². The van der Waals surface area contributed by atoms with Gasteiger partial charge in [0.2, 0.25) is 5.91 Å². The molecular weight excluding hydrogens is 375 g/mol. The first-order valence-corrected chi connectivity index (χ1v) is 10.2. The second kappa shape index (κ2) is 8.95. The minimum Gasteiger partial charge on any atom is -0.352 e. The molecule has 0 radical (unpaired) electrons. The number of nitrogens with zero attached hydrogens (tertiary/aromatic N) is 1. The van der Waals surface area contributed by atoms with Crippen LogP contribution in [0.4, 0.5) is 4.39 Å². The van der Waals surface area contributed by atoms with Crippen molar-refractivity contribution in [2.75, 3.05) is 0 Å². The van der Waals surface area contributed by atoms with E-state index >= 15 is 0 Å². The molecule has 1 amide bonds. The summed E-state index contributed by atoms with van der Waals surface area (Å²) in [6, 6.07) is 23.0. The van der Waals surface area contributed by atoms with Gasteiger partial charge in [-0.2, -0.15) is 0 Å². The number of carbonyl (C=O) groups excluding carboxylic acids is 1. The summed E-state index contributed by atoms with van der Waals surface area (Å²) in [7, 11) is 0. The number of halogens is 1. The number of benzene rings is 3. The van der Waals surface area contributed by atoms with Crippen LogP contribution in [0.15, 0.2) is 79.0 Å². The van der Waals surface area contributed by atoms with E-state index in [4.69, 9.17) is 0 Å². The Balaban J connectivity index is 1.45. The molecule has 4 heteroatoms. The van der Waals surface area contributed by atoms with Gasteiger partial charge < -0.3 is 9.88 Å². The molecule has 0 atom stereocenters. The van der Waals surface area contributed by atoms with Crippen molar-refractivity contribution in [2.45, 2.75) is 32.9 Å². The smallest absolute Gasteiger partial charge is 0.220 e. The third-order valence-electron chi connectivity index (χ3n) is 5.47. The molecule has 0 saturated carbocycles. The minimum atomic E-state index is -0.289. The average Bonchev–Trinajstić information content (AvgIpc) is 3.10. The molecule has 1 aromatic heterocycles. The standard InChI is InChI=1S/C26H25FN2O/c1-19-7-2-3-9-21(19)17-29-18-22(24-11-4-5-12-25(24)29)13-14-26(30)28-16-20-8-6-10-23(27)15-20/h2-12,15,18H,13-14,16-17H2,1H3,(H,28,30). The first-order chi connectivity index (χ1) is 14.6. The van der Waals surface area contributed by atoms with E-state index in [0.29, 0.717) is 19.4 Å². The van der Waals surface area contributed by atoms with Gasteiger partial charge in [0.1, 0.15) is 5.82 Å². The Kier molecular flexibility index (Phi) is 5.94. The third kappa shape index (κ3) is 4.60. The summed E-state index contributed by atoms with van der Waals surface area (Å²) in [5.74, 6) is -0.321. The number of hydrogen-bond acceptors (Lipinski definition) is 1. The van der Waals surface area contributed by atoms with Gasteiger partial charge in [-0.3, -0.25) is 4.79 Å². The van der Waals surface area contributed by atoms with Crippen LogP contribution < -0.4 is 5.32 Å². The van der Waals surface area contributed by atoms with Crippen molar-refractivity contribution in [2.24, 2.45) is 0 Å². The zero-order valence-electron chi connectivity index (χ0n) is 17.1. The highest BCUT2D eigenvalue weighted by Crippen LogP contribution is 2.24. The van der Waals surface area contributed by atoms with Crippen LogP contribution in [-0.4, -0.2) is 10.5 Å². The molecule has 1 N–H and O–H groups in total. The number of nitrogens with one attached hydrogen (secondary N) is 1. The van der Waals surface area contributed by atoms with Gasteiger partial charge in [-0.1, -0.05) is 54.6 Å². The van der Waals surface area contributed by atoms with Gasteiger partial charge in [0.05, 0.1) is 0 Å². The Bertz CT molecular complexity index is 1180. The number of fused-ring (bicyclic) bond motifs is 1. The zero-order chi connectivity index (χ0) is 20.9. The number of amides is 1. The number of carbonyl (C=O) groups is 1. The van der Waals surface area contributed by atoms with Gasteiger partial charge in [0.25, 0.3) is 0 Å². The van der Waals surface area contributed by atoms with Crippen LogP contribution >= 0.6 is 0 Å². The van der Waals surface area contributed by atoms with Crippen LogP contribution in [-0.2, 0) is 24.3 Å². The molecule has 0 aliphatic carbocycles. The molecule has 152 valence electrons. The van der Waals surface area contributed by atoms with Crippen molar-refractivity contribution in [3.05, 3.63) is 107 Å². The van der Waals surface area contributed by atoms with E-state index in [1.807, 2.05) is 18.2 Å². The fraction of sp³-hybridized carbons (Fsp3) is 0.192. The monoisotopic (exact) mass is 400 g/mol. The van der Waals surface area contributed by atoms with E-state index < -0.39 is 0 Å². The van der Waals surface area contributed by atoms with Crippen LogP contribution in [0.3, 0.4) is 0 Å². The highest BCUT2D eigenvalue weighted by atomic mass is 19.1. The molecule has 30 heavy (non-hydrogen) atoms. The molecule has 0 bridgehead atoms. The maximum atomic E-state index is 13.3. The van der Waals surface area contributed by atoms with E-state index in [-0.39, 0.29) is 11.7 Å². The van der Waals surface area contributed by atoms with Crippen molar-refractivity contribution in [1.29, 1.82) is 0 Å². The SMILES string of the molecule is Cc1ccccc1Cn1cc(CCC(=O)NCc2cccc(F)c2)c2ccccc21. The lowest BCUT2D eigenvalue weighted by atomic mass is 10.1. The van der Waals surface area contributed by atoms with Crippen LogP contribution in [0, 0.1) is 12.7 Å². The summed E-state index contributed by atoms with van der Waals surface area (Å²) >= 11 is 0. The number of aromatic nitrogens is 1. The summed E-state index contributed by atoms with van der Waals surface area (Å²) in [4.78, 5) is 12.3. The van der Waals surface area contributed by atoms with Crippen LogP contribution in [0.1, 0.15) is 28.7 Å². The molecule has 0 fully saturated rings. The highest BCUT2D eigenvalue weighted by Gasteiger charge is 2.11. The van der Waals surface area contributed by atoms with Gasteiger partial charge in [-0.15, -0.1) is 0 Å². The molecule has 0 aliphatic rings. The minimum absolute atomic E-state index is 0.0324. The number of para-hydroxylation sites is 1. The lowest BCUT2D eigenvalue weighted by Crippen LogP contribution is -2.23. The van der Waals surface area contributed by atoms with E-state index in [9.17, 15) is 9.18 Å². The lowest BCUT2D eigenvalue weighted by molar-refractivity contribution is -0.121. The summed E-state index contributed by atoms with van der Waals surface area (Å²) in [6.07, 6.45) is 3.22. The van der Waals surface area contributed by atoms with E-state index in [1.165, 1.54) is 39.7 Å². The summed E-state index contributed by atoms with van der Waals surface area (Å²) < 4.78 is 15.5. The second-order valence-electron chi connectivity index (χ2n) is 7.63. The summed E-state index contributed by atoms with van der Waals surface area (Å²) in [5, 5.41) is 4.07. The Hall–Kier alpha value is -3.40. The molecule has 3 nitrogen and oxygen atoms in total. The van der Waals surface area contributed by atoms with Crippen molar-refractivity contribution in [3.63, 3.8) is 0 Å². The van der Waals surface area contributed by atoms with Gasteiger partial charge in [-0.25, -0.2) is 4.39 Å². The van der Waals surface area contributed by atoms with Gasteiger partial charge in [-0.05, 0) is 53.8 Å². The molecule has 4 aromatic rings. The van der Waals surface area contributed by atoms with Crippen LogP contribution in [0.2, 0.25) is 0 Å². The van der Waals surface area contributed by atoms with Gasteiger partial charge >= 0.3 is 0 Å². The first-order valence-electron chi connectivity index (χ1n) is 10.2. The molecule has 0 unspecified atom stereocenters. The van der Waals surface area contributed by atoms with Crippen molar-refractivity contribution >= 4 is 16.8 Å². The highest BCUT2D eigenvalue weighted by molar-refractivity contribution is 5.85. The molecule has 3 aromatic carbocycles. The Morgan fingerprint density at radius 1 is 0.967 bits per heavy atom. The van der Waals surface area contributed by atoms with E-state index in [1.54, 1.807) is 6.07 Å². The number of aryl methyl sites for hydroxylation is 2. The van der Waals surface area contributed by atoms with Crippen molar-refractivity contribution < 1.29 is 9.18 Å². The van der Waals surface area contributed by atoms with Gasteiger partial charge in [0.15, 0.2) is 0 Å². The molecule has 1 heterocycles. The lowest BCUT2D eigenvalue weighted by Gasteiger charge is -2.08. The maximum absolute atomic E-state index is 13.3. The van der Waals surface area contributed by atoms with Crippen LogP contribution in [0.5, 0.6) is 0 Å². The fourth-order valence-corrected chi connectivity index (χ4v) is 3.81. The maximum Gasteiger partial charge on any atom is 0.220 e. The zero-order valence-corrected chi connectivity index (χ0v) is 17.1. The Morgan fingerprint density at radius 3 is 2.60 bits per heavy atom. The molecule has 0 aliphatic heterocycles. The van der Waals surface area contributed by atoms with Crippen molar-refractivity contribution in [3.8, 4) is 0 Å². The van der Waals surface area contributed by atoms with E-state index in [2.05, 4.69) is 59.4 Å². The molecule has 4 rings (SSSR count). The first kappa shape index (κ1) is 19.9. The van der Waals surface area contributed by atoms with Gasteiger partial charge in [0, 0.05) is 36.6 Å². The molecule has 0 saturated heterocycles. The second-order valence-corrected chi connectivity index (χ2v) is 7.63. The van der Waals surface area contributed by atoms with Crippen molar-refractivity contribution in [1.82, 2.24) is 9.88 Å². The Labute approximate surface area is 176 Å². The quantitative estimate of drug-likeness (QED) is 0.444.